The molecule has 5 N–H and O–H groups in total. The maximum Gasteiger partial charge on any atom is 0.354 e. The first-order valence-electron chi connectivity index (χ1n) is 38.1. The summed E-state index contributed by atoms with van der Waals surface area (Å²) in [4.78, 5) is 119. The van der Waals surface area contributed by atoms with Crippen LogP contribution in [-0.4, -0.2) is 79.6 Å². The highest BCUT2D eigenvalue weighted by Gasteiger charge is 2.29. The third-order valence-corrected chi connectivity index (χ3v) is 24.2. The van der Waals surface area contributed by atoms with Crippen LogP contribution in [0.15, 0.2) is 369 Å². The Morgan fingerprint density at radius 3 is 1.06 bits per heavy atom. The van der Waals surface area contributed by atoms with Crippen LogP contribution in [0.2, 0.25) is 0 Å². The predicted molar refractivity (Wildman–Crippen MR) is 476 cm³/mol. The molecule has 11 aromatic heterocycles. The largest absolute Gasteiger partial charge is 0.505 e. The third-order valence-electron chi connectivity index (χ3n) is 19.9. The van der Waals surface area contributed by atoms with E-state index in [-0.39, 0.29) is 96.2 Å². The van der Waals surface area contributed by atoms with E-state index >= 15 is 0 Å². The smallest absolute Gasteiger partial charge is 0.354 e. The number of rotatable bonds is 18. The lowest BCUT2D eigenvalue weighted by Gasteiger charge is -2.14. The Morgan fingerprint density at radius 1 is 0.352 bits per heavy atom. The first-order valence-corrected chi connectivity index (χ1v) is 41.4. The summed E-state index contributed by atoms with van der Waals surface area (Å²) in [5.41, 5.74) is 0.0461. The van der Waals surface area contributed by atoms with Gasteiger partial charge in [0.1, 0.15) is 58.4 Å². The van der Waals surface area contributed by atoms with Gasteiger partial charge in [-0.15, -0.1) is 0 Å². The van der Waals surface area contributed by atoms with Crippen LogP contribution in [0, 0.1) is 5.82 Å². The van der Waals surface area contributed by atoms with Crippen molar-refractivity contribution < 1.29 is 57.1 Å². The van der Waals surface area contributed by atoms with Crippen molar-refractivity contribution in [3.63, 3.8) is 0 Å². The van der Waals surface area contributed by atoms with Gasteiger partial charge < -0.3 is 70.9 Å². The molecule has 11 heterocycles. The Bertz CT molecular complexity index is 7920. The van der Waals surface area contributed by atoms with Crippen molar-refractivity contribution in [2.24, 2.45) is 0 Å². The van der Waals surface area contributed by atoms with Crippen molar-refractivity contribution in [1.29, 1.82) is 0 Å². The molecule has 0 aliphatic carbocycles. The van der Waals surface area contributed by atoms with E-state index in [2.05, 4.69) is 15.0 Å². The molecule has 0 bridgehead atoms. The molecule has 31 heteroatoms. The molecule has 0 radical (unpaired) electrons. The second-order valence-corrected chi connectivity index (χ2v) is 31.9. The number of aromatic hydroxyl groups is 4. The van der Waals surface area contributed by atoms with Crippen molar-refractivity contribution >= 4 is 135 Å². The average Bonchev–Trinajstić information content (AvgIpc) is 0.752. The lowest BCUT2D eigenvalue weighted by atomic mass is 10.1. The van der Waals surface area contributed by atoms with Crippen LogP contribution in [0.5, 0.6) is 34.5 Å². The number of ether oxygens (including phenoxy) is 2. The Balaban J connectivity index is 0.000000123. The molecule has 0 aliphatic rings. The molecule has 26 nitrogen and oxygen atoms in total. The number of aliphatic hydroxyl groups excluding tert-OH is 1. The van der Waals surface area contributed by atoms with E-state index in [1.807, 2.05) is 36.4 Å². The van der Waals surface area contributed by atoms with Crippen LogP contribution in [0.4, 0.5) is 4.39 Å². The van der Waals surface area contributed by atoms with Gasteiger partial charge in [0.05, 0.1) is 67.4 Å². The number of nitrogens with zero attached hydrogens (tertiary/aromatic N) is 7. The number of pyridine rings is 7. The number of methoxy groups -OCH3 is 2. The van der Waals surface area contributed by atoms with Crippen LogP contribution in [0.3, 0.4) is 0 Å². The second-order valence-electron chi connectivity index (χ2n) is 27.6. The molecule has 19 aromatic rings. The third kappa shape index (κ3) is 17.0. The number of para-hydroxylation sites is 5. The zero-order valence-corrected chi connectivity index (χ0v) is 68.9. The van der Waals surface area contributed by atoms with Crippen LogP contribution in [-0.2, 0) is 26.2 Å². The average molecular weight is 1740 g/mol. The van der Waals surface area contributed by atoms with Crippen LogP contribution >= 0.6 is 47.0 Å². The lowest BCUT2D eigenvalue weighted by molar-refractivity contribution is 0.276. The summed E-state index contributed by atoms with van der Waals surface area (Å²) >= 11 is 3.95. The van der Waals surface area contributed by atoms with Crippen molar-refractivity contribution in [3.05, 3.63) is 379 Å². The first-order chi connectivity index (χ1) is 60.8. The number of fused-ring (bicyclic) bond motifs is 12. The van der Waals surface area contributed by atoms with E-state index in [0.29, 0.717) is 69.8 Å². The van der Waals surface area contributed by atoms with Gasteiger partial charge in [0, 0.05) is 80.0 Å². The van der Waals surface area contributed by atoms with E-state index in [1.54, 1.807) is 229 Å². The highest BCUT2D eigenvalue weighted by molar-refractivity contribution is 8.00. The highest BCUT2D eigenvalue weighted by Crippen LogP contribution is 2.44. The number of aliphatic hydroxyl groups is 1. The summed E-state index contributed by atoms with van der Waals surface area (Å²) in [6, 6.07) is 67.8. The van der Waals surface area contributed by atoms with E-state index in [1.165, 1.54) is 40.5 Å². The van der Waals surface area contributed by atoms with Gasteiger partial charge >= 0.3 is 22.5 Å². The van der Waals surface area contributed by atoms with Gasteiger partial charge in [0.25, 0.3) is 22.2 Å². The molecule has 0 spiro atoms. The Labute approximate surface area is 720 Å². The van der Waals surface area contributed by atoms with E-state index in [9.17, 15) is 68.3 Å². The van der Waals surface area contributed by atoms with E-state index in [4.69, 9.17) is 27.1 Å². The molecular weight excluding hydrogens is 1680 g/mol. The monoisotopic (exact) mass is 1740 g/mol. The molecule has 0 fully saturated rings. The second kappa shape index (κ2) is 36.7. The molecule has 8 aromatic carbocycles. The zero-order valence-electron chi connectivity index (χ0n) is 65.6. The van der Waals surface area contributed by atoms with Gasteiger partial charge in [0.2, 0.25) is 0 Å². The topological polar surface area (TPSA) is 367 Å². The highest BCUT2D eigenvalue weighted by atomic mass is 32.2. The number of aromatic nitrogens is 7. The first kappa shape index (κ1) is 83.6. The molecule has 125 heavy (non-hydrogen) atoms. The van der Waals surface area contributed by atoms with Crippen molar-refractivity contribution in [2.75, 3.05) is 20.8 Å². The number of benzene rings is 8. The Hall–Kier alpha value is -15.0. The lowest BCUT2D eigenvalue weighted by Crippen LogP contribution is -2.23. The zero-order chi connectivity index (χ0) is 87.1. The Morgan fingerprint density at radius 2 is 0.688 bits per heavy atom. The number of hydrogen-bond donors (Lipinski definition) is 5. The fraction of sp³-hybridized carbons (Fsp3) is 0.0745. The summed E-state index contributed by atoms with van der Waals surface area (Å²) < 4.78 is 52.0. The summed E-state index contributed by atoms with van der Waals surface area (Å²) in [5.74, 6) is -0.950. The van der Waals surface area contributed by atoms with E-state index in [0.717, 1.165) is 68.6 Å². The molecule has 0 saturated heterocycles. The molecule has 0 unspecified atom stereocenters. The molecule has 0 atom stereocenters. The predicted octanol–water partition coefficient (Wildman–Crippen LogP) is 16.3. The molecule has 0 saturated carbocycles. The van der Waals surface area contributed by atoms with Crippen molar-refractivity contribution in [3.8, 4) is 34.5 Å². The van der Waals surface area contributed by atoms with E-state index < -0.39 is 73.6 Å². The maximum atomic E-state index is 13.6. The molecule has 0 aliphatic heterocycles. The fourth-order valence-corrected chi connectivity index (χ4v) is 17.7. The molecule has 0 amide bonds. The maximum absolute atomic E-state index is 13.6. The number of hydrogen-bond acceptors (Lipinski definition) is 26. The summed E-state index contributed by atoms with van der Waals surface area (Å²) in [5, 5.41) is 55.3. The quantitative estimate of drug-likeness (QED) is 0.0498. The minimum absolute atomic E-state index is 0.0268. The standard InChI is InChI=1S/2C25H18N2O5S.C24H15FN2O4S.C20H15NO5S/c1-31-16-7-4-8-17(12-16)33-23-21(28)20-22(32-25(23)30)18-9-2-3-10-19(18)27(24(20)29)14-15-6-5-11-26-13-15;1-31-18-10-4-5-11-19(18)33-23-21(28)20-22(32-25(23)30)16-8-2-3-9-17(16)27(24(20)29)14-15-7-6-12-26-13-15;25-15-7-9-16(10-8-15)32-22-20(28)19-21(31-24(22)30)17-5-1-2-6-18(17)27(23(19)29)13-14-4-3-11-26-12-14;22-11-10-21-14-9-5-4-8-13(14)17-15(19(21)24)16(23)18(20(25)26-17)27-12-6-2-1-3-7-12/h2*2-13,28H,14H2,1H3;1-12,28H,13H2;1-9,22-23H,10-11H2. The molecule has 19 rings (SSSR count). The van der Waals surface area contributed by atoms with Gasteiger partial charge in [0.15, 0.2) is 45.3 Å². The van der Waals surface area contributed by atoms with Crippen LogP contribution in [0.25, 0.3) is 87.5 Å². The summed E-state index contributed by atoms with van der Waals surface area (Å²) in [6.07, 6.45) is 9.98. The SMILES string of the molecule is COc1cccc(Sc2c(O)c3c(=O)n(Cc4cccnc4)c4ccccc4c3oc2=O)c1.COc1ccccc1Sc1c(O)c2c(=O)n(Cc3cccnc3)c3ccccc3c2oc1=O.O=c1oc2c(c(O)c1Sc1ccc(F)cc1)c(=O)n(Cc1cccnc1)c1ccccc21.O=c1oc2c(c(O)c1Sc1ccccc1)c(=O)n(CCO)c1ccccc21. The molecule has 622 valence electrons. The van der Waals surface area contributed by atoms with Gasteiger partial charge in [-0.2, -0.15) is 0 Å². The van der Waals surface area contributed by atoms with Gasteiger partial charge in [-0.25, -0.2) is 23.6 Å². The van der Waals surface area contributed by atoms with Crippen molar-refractivity contribution in [1.82, 2.24) is 33.2 Å². The van der Waals surface area contributed by atoms with Crippen LogP contribution < -0.4 is 54.2 Å². The van der Waals surface area contributed by atoms with Gasteiger partial charge in [-0.05, 0) is 150 Å². The van der Waals surface area contributed by atoms with Gasteiger partial charge in [-0.1, -0.05) is 150 Å². The molecular formula is C94H66FN7O19S4. The Kier molecular flexibility index (Phi) is 24.6. The van der Waals surface area contributed by atoms with Crippen molar-refractivity contribution in [2.45, 2.75) is 65.3 Å². The summed E-state index contributed by atoms with van der Waals surface area (Å²) in [6.45, 7) is 0.548. The minimum Gasteiger partial charge on any atom is -0.505 e. The normalized spacial score (nSPS) is 11.2. The number of halogens is 1. The minimum atomic E-state index is -0.779. The fourth-order valence-electron chi connectivity index (χ4n) is 14.2. The van der Waals surface area contributed by atoms with Crippen LogP contribution in [0.1, 0.15) is 16.7 Å². The van der Waals surface area contributed by atoms with Gasteiger partial charge in [-0.3, -0.25) is 34.1 Å². The summed E-state index contributed by atoms with van der Waals surface area (Å²) in [7, 11) is 3.06.